The highest BCUT2D eigenvalue weighted by Crippen LogP contribution is 2.32. The molecule has 7 nitrogen and oxygen atoms in total. The highest BCUT2D eigenvalue weighted by Gasteiger charge is 2.25. The van der Waals surface area contributed by atoms with Gasteiger partial charge in [0.25, 0.3) is 0 Å². The van der Waals surface area contributed by atoms with Gasteiger partial charge in [0.15, 0.2) is 17.1 Å². The van der Waals surface area contributed by atoms with Gasteiger partial charge in [-0.3, -0.25) is 9.36 Å². The number of nitriles is 1. The van der Waals surface area contributed by atoms with Crippen LogP contribution in [0.3, 0.4) is 0 Å². The fourth-order valence-electron chi connectivity index (χ4n) is 3.31. The topological polar surface area (TPSA) is 92.8 Å². The van der Waals surface area contributed by atoms with E-state index in [1.165, 1.54) is 11.8 Å². The molecule has 2 unspecified atom stereocenters. The molecular weight excluding hydrogens is 482 g/mol. The van der Waals surface area contributed by atoms with E-state index in [1.807, 2.05) is 54.0 Å². The smallest absolute Gasteiger partial charge is 0.237 e. The second kappa shape index (κ2) is 11.1. The third-order valence-electron chi connectivity index (χ3n) is 5.11. The lowest BCUT2D eigenvalue weighted by molar-refractivity contribution is -0.115. The summed E-state index contributed by atoms with van der Waals surface area (Å²) in [5.74, 6) is 0.941. The summed E-state index contributed by atoms with van der Waals surface area (Å²) in [6.45, 7) is 3.68. The lowest BCUT2D eigenvalue weighted by Crippen LogP contribution is -2.23. The van der Waals surface area contributed by atoms with Crippen molar-refractivity contribution in [1.29, 1.82) is 5.26 Å². The van der Waals surface area contributed by atoms with Crippen LogP contribution in [0, 0.1) is 11.3 Å². The summed E-state index contributed by atoms with van der Waals surface area (Å²) in [5, 5.41) is 21.2. The molecule has 0 saturated heterocycles. The van der Waals surface area contributed by atoms with Crippen LogP contribution in [0.1, 0.15) is 31.3 Å². The molecule has 0 aliphatic rings. The maximum Gasteiger partial charge on any atom is 0.237 e. The van der Waals surface area contributed by atoms with E-state index in [0.29, 0.717) is 33.0 Å². The van der Waals surface area contributed by atoms with Gasteiger partial charge in [0.2, 0.25) is 5.91 Å². The minimum atomic E-state index is -0.468. The lowest BCUT2D eigenvalue weighted by atomic mass is 10.2. The van der Waals surface area contributed by atoms with Crippen LogP contribution in [-0.4, -0.2) is 25.9 Å². The Morgan fingerprint density at radius 3 is 2.40 bits per heavy atom. The number of amides is 1. The van der Waals surface area contributed by atoms with E-state index in [0.717, 1.165) is 5.69 Å². The molecule has 0 aliphatic heterocycles. The van der Waals surface area contributed by atoms with E-state index in [-0.39, 0.29) is 5.91 Å². The molecule has 0 radical (unpaired) electrons. The SMILES string of the molecule is CC(Sc1nnc(C(C)Oc2ccccc2Cl)n1-c1ccccc1)C(=O)Nc1ccc(C#N)cc1. The van der Waals surface area contributed by atoms with E-state index in [2.05, 4.69) is 21.6 Å². The van der Waals surface area contributed by atoms with E-state index >= 15 is 0 Å². The van der Waals surface area contributed by atoms with Gasteiger partial charge in [0, 0.05) is 11.4 Å². The predicted molar refractivity (Wildman–Crippen MR) is 137 cm³/mol. The number of benzene rings is 3. The number of halogens is 1. The third-order valence-corrected chi connectivity index (χ3v) is 6.46. The number of nitrogens with zero attached hydrogens (tertiary/aromatic N) is 4. The van der Waals surface area contributed by atoms with Gasteiger partial charge in [0.05, 0.1) is 21.9 Å². The van der Waals surface area contributed by atoms with Crippen molar-refractivity contribution >= 4 is 35.0 Å². The lowest BCUT2D eigenvalue weighted by Gasteiger charge is -2.18. The number of nitrogens with one attached hydrogen (secondary N) is 1. The summed E-state index contributed by atoms with van der Waals surface area (Å²) >= 11 is 7.56. The maximum atomic E-state index is 12.8. The Morgan fingerprint density at radius 1 is 1.03 bits per heavy atom. The summed E-state index contributed by atoms with van der Waals surface area (Å²) in [6, 6.07) is 25.7. The summed E-state index contributed by atoms with van der Waals surface area (Å²) in [5.41, 5.74) is 2.00. The van der Waals surface area contributed by atoms with Gasteiger partial charge in [-0.25, -0.2) is 0 Å². The zero-order valence-corrected chi connectivity index (χ0v) is 20.6. The molecule has 9 heteroatoms. The highest BCUT2D eigenvalue weighted by atomic mass is 35.5. The van der Waals surface area contributed by atoms with Crippen molar-refractivity contribution in [2.24, 2.45) is 0 Å². The van der Waals surface area contributed by atoms with Crippen LogP contribution in [0.4, 0.5) is 5.69 Å². The minimum absolute atomic E-state index is 0.191. The first-order chi connectivity index (χ1) is 17.0. The van der Waals surface area contributed by atoms with Gasteiger partial charge in [-0.15, -0.1) is 10.2 Å². The Morgan fingerprint density at radius 2 is 1.71 bits per heavy atom. The van der Waals surface area contributed by atoms with Gasteiger partial charge >= 0.3 is 0 Å². The largest absolute Gasteiger partial charge is 0.481 e. The number of ether oxygens (including phenoxy) is 1. The van der Waals surface area contributed by atoms with Crippen LogP contribution in [-0.2, 0) is 4.79 Å². The highest BCUT2D eigenvalue weighted by molar-refractivity contribution is 8.00. The number of para-hydroxylation sites is 2. The summed E-state index contributed by atoms with van der Waals surface area (Å²) in [7, 11) is 0. The molecule has 0 spiro atoms. The number of carbonyl (C=O) groups is 1. The molecule has 0 fully saturated rings. The molecule has 0 aliphatic carbocycles. The van der Waals surface area contributed by atoms with Gasteiger partial charge in [0.1, 0.15) is 5.75 Å². The van der Waals surface area contributed by atoms with Gasteiger partial charge in [-0.05, 0) is 62.4 Å². The molecule has 0 bridgehead atoms. The second-order valence-electron chi connectivity index (χ2n) is 7.64. The molecule has 4 rings (SSSR count). The molecule has 1 amide bonds. The monoisotopic (exact) mass is 503 g/mol. The van der Waals surface area contributed by atoms with Crippen LogP contribution in [0.5, 0.6) is 5.75 Å². The van der Waals surface area contributed by atoms with E-state index in [4.69, 9.17) is 21.6 Å². The number of hydrogen-bond donors (Lipinski definition) is 1. The minimum Gasteiger partial charge on any atom is -0.481 e. The normalized spacial score (nSPS) is 12.4. The van der Waals surface area contributed by atoms with Gasteiger partial charge < -0.3 is 10.1 Å². The Bertz CT molecular complexity index is 1350. The third kappa shape index (κ3) is 5.83. The average molecular weight is 504 g/mol. The molecule has 0 saturated carbocycles. The first-order valence-electron chi connectivity index (χ1n) is 10.9. The van der Waals surface area contributed by atoms with Crippen molar-refractivity contribution in [3.05, 3.63) is 95.3 Å². The Kier molecular flexibility index (Phi) is 7.70. The van der Waals surface area contributed by atoms with Crippen molar-refractivity contribution < 1.29 is 9.53 Å². The molecule has 2 atom stereocenters. The van der Waals surface area contributed by atoms with E-state index < -0.39 is 11.4 Å². The number of anilines is 1. The zero-order chi connectivity index (χ0) is 24.8. The molecule has 176 valence electrons. The van der Waals surface area contributed by atoms with E-state index in [1.54, 1.807) is 43.3 Å². The summed E-state index contributed by atoms with van der Waals surface area (Å²) in [6.07, 6.45) is -0.459. The van der Waals surface area contributed by atoms with Crippen LogP contribution >= 0.6 is 23.4 Å². The number of rotatable bonds is 8. The van der Waals surface area contributed by atoms with Crippen LogP contribution in [0.2, 0.25) is 5.02 Å². The summed E-state index contributed by atoms with van der Waals surface area (Å²) < 4.78 is 7.98. The molecule has 1 aromatic heterocycles. The second-order valence-corrected chi connectivity index (χ2v) is 9.36. The van der Waals surface area contributed by atoms with Crippen molar-refractivity contribution in [2.45, 2.75) is 30.4 Å². The first-order valence-corrected chi connectivity index (χ1v) is 12.1. The molecule has 4 aromatic rings. The first kappa shape index (κ1) is 24.3. The van der Waals surface area contributed by atoms with Gasteiger partial charge in [-0.1, -0.05) is 53.7 Å². The predicted octanol–water partition coefficient (Wildman–Crippen LogP) is 6.05. The molecular formula is C26H22ClN5O2S. The number of hydrogen-bond acceptors (Lipinski definition) is 6. The Balaban J connectivity index is 1.57. The molecule has 3 aromatic carbocycles. The van der Waals surface area contributed by atoms with Crippen molar-refractivity contribution in [3.8, 4) is 17.5 Å². The van der Waals surface area contributed by atoms with E-state index in [9.17, 15) is 4.79 Å². The van der Waals surface area contributed by atoms with Gasteiger partial charge in [-0.2, -0.15) is 5.26 Å². The van der Waals surface area contributed by atoms with Crippen molar-refractivity contribution in [2.75, 3.05) is 5.32 Å². The molecule has 1 heterocycles. The Labute approximate surface area is 212 Å². The fourth-order valence-corrected chi connectivity index (χ4v) is 4.36. The summed E-state index contributed by atoms with van der Waals surface area (Å²) in [4.78, 5) is 12.8. The molecule has 1 N–H and O–H groups in total. The van der Waals surface area contributed by atoms with Crippen molar-refractivity contribution in [3.63, 3.8) is 0 Å². The number of aromatic nitrogens is 3. The maximum absolute atomic E-state index is 12.8. The van der Waals surface area contributed by atoms with Crippen LogP contribution in [0.25, 0.3) is 5.69 Å². The molecule has 35 heavy (non-hydrogen) atoms. The Hall–Kier alpha value is -3.80. The van der Waals surface area contributed by atoms with Crippen LogP contribution in [0.15, 0.2) is 84.0 Å². The number of thioether (sulfide) groups is 1. The number of carbonyl (C=O) groups excluding carboxylic acids is 1. The van der Waals surface area contributed by atoms with Crippen molar-refractivity contribution in [1.82, 2.24) is 14.8 Å². The zero-order valence-electron chi connectivity index (χ0n) is 19.1. The quantitative estimate of drug-likeness (QED) is 0.294. The standard InChI is InChI=1S/C26H22ClN5O2S/c1-17(34-23-11-7-6-10-22(23)27)24-30-31-26(32(24)21-8-4-3-5-9-21)35-18(2)25(33)29-20-14-12-19(16-28)13-15-20/h3-15,17-18H,1-2H3,(H,29,33). The fraction of sp³-hybridized carbons (Fsp3) is 0.154. The average Bonchev–Trinajstić information content (AvgIpc) is 3.30. The van der Waals surface area contributed by atoms with Crippen LogP contribution < -0.4 is 10.1 Å².